The summed E-state index contributed by atoms with van der Waals surface area (Å²) in [6.45, 7) is 1.30. The Bertz CT molecular complexity index is 245. The minimum atomic E-state index is -0.694. The summed E-state index contributed by atoms with van der Waals surface area (Å²) in [4.78, 5) is 0. The molecule has 0 aromatic heterocycles. The predicted molar refractivity (Wildman–Crippen MR) is 55.4 cm³/mol. The lowest BCUT2D eigenvalue weighted by Crippen LogP contribution is -2.62. The zero-order valence-electron chi connectivity index (χ0n) is 9.21. The van der Waals surface area contributed by atoms with Gasteiger partial charge in [-0.2, -0.15) is 0 Å². The molecular formula is C12H20O3. The quantitative estimate of drug-likeness (QED) is 0.666. The first-order valence-corrected chi connectivity index (χ1v) is 6.27. The third-order valence-corrected chi connectivity index (χ3v) is 4.51. The highest BCUT2D eigenvalue weighted by Crippen LogP contribution is 2.52. The van der Waals surface area contributed by atoms with Gasteiger partial charge in [0.25, 0.3) is 0 Å². The van der Waals surface area contributed by atoms with E-state index in [-0.39, 0.29) is 0 Å². The second-order valence-electron chi connectivity index (χ2n) is 5.21. The SMILES string of the molecule is O[C@@]12CCCC[C@@H]1CCCC21OCCO1. The highest BCUT2D eigenvalue weighted by molar-refractivity contribution is 5.05. The highest BCUT2D eigenvalue weighted by atomic mass is 16.7. The summed E-state index contributed by atoms with van der Waals surface area (Å²) in [6, 6.07) is 0. The van der Waals surface area contributed by atoms with Crippen molar-refractivity contribution in [3.63, 3.8) is 0 Å². The molecule has 0 unspecified atom stereocenters. The van der Waals surface area contributed by atoms with Gasteiger partial charge in [0.1, 0.15) is 5.60 Å². The smallest absolute Gasteiger partial charge is 0.197 e. The van der Waals surface area contributed by atoms with E-state index in [1.54, 1.807) is 0 Å². The molecule has 3 heteroatoms. The van der Waals surface area contributed by atoms with Gasteiger partial charge in [-0.05, 0) is 31.6 Å². The van der Waals surface area contributed by atoms with Crippen molar-refractivity contribution in [3.8, 4) is 0 Å². The van der Waals surface area contributed by atoms with E-state index in [1.165, 1.54) is 6.42 Å². The molecule has 2 aliphatic carbocycles. The van der Waals surface area contributed by atoms with E-state index in [0.29, 0.717) is 19.1 Å². The topological polar surface area (TPSA) is 38.7 Å². The van der Waals surface area contributed by atoms with Crippen molar-refractivity contribution in [3.05, 3.63) is 0 Å². The number of rotatable bonds is 0. The first kappa shape index (κ1) is 10.1. The van der Waals surface area contributed by atoms with Crippen LogP contribution in [-0.2, 0) is 9.47 Å². The number of ether oxygens (including phenoxy) is 2. The van der Waals surface area contributed by atoms with Gasteiger partial charge in [-0.25, -0.2) is 0 Å². The largest absolute Gasteiger partial charge is 0.384 e. The third kappa shape index (κ3) is 1.30. The van der Waals surface area contributed by atoms with Gasteiger partial charge < -0.3 is 14.6 Å². The minimum absolute atomic E-state index is 0.401. The van der Waals surface area contributed by atoms with E-state index in [2.05, 4.69) is 0 Å². The molecule has 0 bridgehead atoms. The van der Waals surface area contributed by atoms with E-state index in [4.69, 9.17) is 9.47 Å². The maximum Gasteiger partial charge on any atom is 0.197 e. The molecule has 1 saturated heterocycles. The summed E-state index contributed by atoms with van der Waals surface area (Å²) in [7, 11) is 0. The first-order valence-electron chi connectivity index (χ1n) is 6.27. The first-order chi connectivity index (χ1) is 7.27. The maximum absolute atomic E-state index is 10.9. The molecular weight excluding hydrogens is 192 g/mol. The van der Waals surface area contributed by atoms with Crippen molar-refractivity contribution in [1.29, 1.82) is 0 Å². The van der Waals surface area contributed by atoms with Crippen LogP contribution in [0.5, 0.6) is 0 Å². The van der Waals surface area contributed by atoms with Crippen molar-refractivity contribution in [2.75, 3.05) is 13.2 Å². The van der Waals surface area contributed by atoms with Crippen LogP contribution >= 0.6 is 0 Å². The van der Waals surface area contributed by atoms with Crippen LogP contribution in [0.25, 0.3) is 0 Å². The monoisotopic (exact) mass is 212 g/mol. The molecule has 0 amide bonds. The fourth-order valence-electron chi connectivity index (χ4n) is 3.76. The number of hydrogen-bond donors (Lipinski definition) is 1. The summed E-state index contributed by atoms with van der Waals surface area (Å²) in [5.74, 6) is -0.242. The second-order valence-corrected chi connectivity index (χ2v) is 5.21. The molecule has 0 radical (unpaired) electrons. The normalized spacial score (nSPS) is 44.2. The number of fused-ring (bicyclic) bond motifs is 2. The summed E-state index contributed by atoms with van der Waals surface area (Å²) < 4.78 is 11.6. The maximum atomic E-state index is 10.9. The van der Waals surface area contributed by atoms with Crippen LogP contribution in [0.15, 0.2) is 0 Å². The van der Waals surface area contributed by atoms with Gasteiger partial charge in [-0.3, -0.25) is 0 Å². The van der Waals surface area contributed by atoms with Crippen LogP contribution in [0.4, 0.5) is 0 Å². The van der Waals surface area contributed by atoms with Gasteiger partial charge in [-0.15, -0.1) is 0 Å². The Morgan fingerprint density at radius 3 is 2.47 bits per heavy atom. The molecule has 0 aromatic carbocycles. The Balaban J connectivity index is 1.92. The Morgan fingerprint density at radius 1 is 0.933 bits per heavy atom. The van der Waals surface area contributed by atoms with Crippen LogP contribution in [-0.4, -0.2) is 29.7 Å². The summed E-state index contributed by atoms with van der Waals surface area (Å²) >= 11 is 0. The Kier molecular flexibility index (Phi) is 2.31. The van der Waals surface area contributed by atoms with Gasteiger partial charge in [0.2, 0.25) is 0 Å². The highest BCUT2D eigenvalue weighted by Gasteiger charge is 2.60. The van der Waals surface area contributed by atoms with Gasteiger partial charge in [0.15, 0.2) is 5.79 Å². The van der Waals surface area contributed by atoms with Crippen LogP contribution in [0.3, 0.4) is 0 Å². The second kappa shape index (κ2) is 3.44. The lowest BCUT2D eigenvalue weighted by Gasteiger charge is -2.53. The van der Waals surface area contributed by atoms with Crippen molar-refractivity contribution in [1.82, 2.24) is 0 Å². The molecule has 2 atom stereocenters. The van der Waals surface area contributed by atoms with Crippen LogP contribution in [0.2, 0.25) is 0 Å². The van der Waals surface area contributed by atoms with Crippen LogP contribution < -0.4 is 0 Å². The van der Waals surface area contributed by atoms with E-state index >= 15 is 0 Å². The molecule has 1 N–H and O–H groups in total. The molecule has 3 nitrogen and oxygen atoms in total. The summed E-state index contributed by atoms with van der Waals surface area (Å²) in [5, 5.41) is 10.9. The van der Waals surface area contributed by atoms with Gasteiger partial charge in [0, 0.05) is 6.42 Å². The predicted octanol–water partition coefficient (Wildman–Crippen LogP) is 1.83. The molecule has 15 heavy (non-hydrogen) atoms. The molecule has 1 heterocycles. The van der Waals surface area contributed by atoms with Crippen LogP contribution in [0, 0.1) is 5.92 Å². The van der Waals surface area contributed by atoms with E-state index in [1.807, 2.05) is 0 Å². The molecule has 1 spiro atoms. The number of aliphatic hydroxyl groups is 1. The molecule has 3 fully saturated rings. The van der Waals surface area contributed by atoms with E-state index < -0.39 is 11.4 Å². The van der Waals surface area contributed by atoms with Crippen molar-refractivity contribution < 1.29 is 14.6 Å². The third-order valence-electron chi connectivity index (χ3n) is 4.51. The zero-order valence-corrected chi connectivity index (χ0v) is 9.21. The van der Waals surface area contributed by atoms with E-state index in [9.17, 15) is 5.11 Å². The molecule has 2 saturated carbocycles. The molecule has 3 rings (SSSR count). The van der Waals surface area contributed by atoms with E-state index in [0.717, 1.165) is 38.5 Å². The molecule has 3 aliphatic rings. The zero-order chi connectivity index (χ0) is 10.4. The minimum Gasteiger partial charge on any atom is -0.384 e. The molecule has 1 aliphatic heterocycles. The van der Waals surface area contributed by atoms with Crippen molar-refractivity contribution in [2.45, 2.75) is 56.3 Å². The Hall–Kier alpha value is -0.120. The Labute approximate surface area is 90.8 Å². The van der Waals surface area contributed by atoms with Gasteiger partial charge >= 0.3 is 0 Å². The fraction of sp³-hybridized carbons (Fsp3) is 1.00. The number of hydrogen-bond acceptors (Lipinski definition) is 3. The lowest BCUT2D eigenvalue weighted by atomic mass is 9.64. The van der Waals surface area contributed by atoms with Crippen molar-refractivity contribution >= 4 is 0 Å². The fourth-order valence-corrected chi connectivity index (χ4v) is 3.76. The standard InChI is InChI=1S/C12H20O3/c13-11-6-2-1-4-10(11)5-3-7-12(11)14-8-9-15-12/h10,13H,1-9H2/t10-,11+/m1/s1. The molecule has 86 valence electrons. The van der Waals surface area contributed by atoms with Crippen molar-refractivity contribution in [2.24, 2.45) is 5.92 Å². The van der Waals surface area contributed by atoms with Gasteiger partial charge in [-0.1, -0.05) is 12.8 Å². The van der Waals surface area contributed by atoms with Crippen LogP contribution in [0.1, 0.15) is 44.9 Å². The van der Waals surface area contributed by atoms with Gasteiger partial charge in [0.05, 0.1) is 13.2 Å². The Morgan fingerprint density at radius 2 is 1.67 bits per heavy atom. The molecule has 0 aromatic rings. The summed E-state index contributed by atoms with van der Waals surface area (Å²) in [5.41, 5.74) is -0.694. The average Bonchev–Trinajstić information content (AvgIpc) is 2.70. The lowest BCUT2D eigenvalue weighted by molar-refractivity contribution is -0.311. The average molecular weight is 212 g/mol. The summed E-state index contributed by atoms with van der Waals surface area (Å²) in [6.07, 6.45) is 7.52.